The molecule has 0 N–H and O–H groups in total. The zero-order valence-corrected chi connectivity index (χ0v) is 20.9. The van der Waals surface area contributed by atoms with Gasteiger partial charge in [-0.1, -0.05) is 43.2 Å². The number of para-hydroxylation sites is 2. The first kappa shape index (κ1) is 23.3. The maximum atomic E-state index is 13.3. The number of carbonyl (C=O) groups is 1. The van der Waals surface area contributed by atoms with Crippen molar-refractivity contribution in [3.8, 4) is 11.4 Å². The molecule has 2 aliphatic rings. The first-order chi connectivity index (χ1) is 16.6. The average molecular weight is 458 g/mol. The predicted molar refractivity (Wildman–Crippen MR) is 140 cm³/mol. The van der Waals surface area contributed by atoms with Gasteiger partial charge in [-0.2, -0.15) is 0 Å². The Morgan fingerprint density at radius 1 is 0.882 bits per heavy atom. The van der Waals surface area contributed by atoms with Gasteiger partial charge in [0, 0.05) is 24.4 Å². The molecule has 1 aliphatic carbocycles. The molecule has 4 nitrogen and oxygen atoms in total. The van der Waals surface area contributed by atoms with Crippen LogP contribution in [-0.2, 0) is 18.3 Å². The molecular weight excluding hydrogens is 418 g/mol. The van der Waals surface area contributed by atoms with Crippen molar-refractivity contribution in [1.29, 1.82) is 0 Å². The van der Waals surface area contributed by atoms with Crippen molar-refractivity contribution >= 4 is 16.8 Å². The summed E-state index contributed by atoms with van der Waals surface area (Å²) in [5.41, 5.74) is 4.80. The SMILES string of the molecule is CN1CCCC(C(=O)C2CCCC(Cc3cccc(-c4nc5ccccc5n4C)c3)CC2)CC1. The van der Waals surface area contributed by atoms with E-state index in [2.05, 4.69) is 66.0 Å². The second-order valence-electron chi connectivity index (χ2n) is 10.8. The molecule has 0 radical (unpaired) electrons. The Balaban J connectivity index is 1.23. The van der Waals surface area contributed by atoms with Crippen LogP contribution in [-0.4, -0.2) is 40.4 Å². The molecule has 1 saturated carbocycles. The number of carbonyl (C=O) groups excluding carboxylic acids is 1. The van der Waals surface area contributed by atoms with Crippen molar-refractivity contribution in [3.63, 3.8) is 0 Å². The Bertz CT molecular complexity index is 1130. The van der Waals surface area contributed by atoms with E-state index in [-0.39, 0.29) is 0 Å². The number of Topliss-reactive ketones (excluding diaryl/α,β-unsaturated/α-hetero) is 1. The van der Waals surface area contributed by atoms with Gasteiger partial charge in [-0.15, -0.1) is 0 Å². The van der Waals surface area contributed by atoms with Crippen molar-refractivity contribution in [3.05, 3.63) is 54.1 Å². The molecule has 3 unspecified atom stereocenters. The summed E-state index contributed by atoms with van der Waals surface area (Å²) in [6.45, 7) is 2.22. The number of aromatic nitrogens is 2. The number of hydrogen-bond acceptors (Lipinski definition) is 3. The number of aryl methyl sites for hydroxylation is 1. The first-order valence-corrected chi connectivity index (χ1v) is 13.3. The molecule has 2 aromatic carbocycles. The number of fused-ring (bicyclic) bond motifs is 1. The number of imidazole rings is 1. The van der Waals surface area contributed by atoms with Gasteiger partial charge in [0.15, 0.2) is 0 Å². The van der Waals surface area contributed by atoms with E-state index in [4.69, 9.17) is 4.98 Å². The maximum absolute atomic E-state index is 13.3. The molecule has 0 bridgehead atoms. The van der Waals surface area contributed by atoms with E-state index >= 15 is 0 Å². The van der Waals surface area contributed by atoms with Gasteiger partial charge in [-0.3, -0.25) is 4.79 Å². The monoisotopic (exact) mass is 457 g/mol. The van der Waals surface area contributed by atoms with Gasteiger partial charge in [-0.25, -0.2) is 4.98 Å². The van der Waals surface area contributed by atoms with Crippen LogP contribution in [0.15, 0.2) is 48.5 Å². The smallest absolute Gasteiger partial charge is 0.140 e. The number of hydrogen-bond donors (Lipinski definition) is 0. The van der Waals surface area contributed by atoms with Crippen LogP contribution in [0.1, 0.15) is 56.9 Å². The number of rotatable bonds is 5. The standard InChI is InChI=1S/C30H39N3O/c1-32-18-7-12-25(17-19-32)29(34)24-10-5-8-22(15-16-24)20-23-9-6-11-26(21-23)30-31-27-13-3-4-14-28(27)33(30)2/h3-4,6,9,11,13-14,21-22,24-25H,5,7-8,10,12,15-20H2,1-2H3. The Kier molecular flexibility index (Phi) is 7.15. The van der Waals surface area contributed by atoms with Gasteiger partial charge in [-0.05, 0) is 94.8 Å². The highest BCUT2D eigenvalue weighted by atomic mass is 16.1. The van der Waals surface area contributed by atoms with Crippen LogP contribution in [0.2, 0.25) is 0 Å². The minimum Gasteiger partial charge on any atom is -0.327 e. The van der Waals surface area contributed by atoms with E-state index in [1.54, 1.807) is 0 Å². The molecule has 0 amide bonds. The van der Waals surface area contributed by atoms with E-state index in [9.17, 15) is 4.79 Å². The predicted octanol–water partition coefficient (Wildman–Crippen LogP) is 6.28. The van der Waals surface area contributed by atoms with Crippen LogP contribution in [0.3, 0.4) is 0 Å². The summed E-state index contributed by atoms with van der Waals surface area (Å²) < 4.78 is 2.20. The molecule has 3 atom stereocenters. The lowest BCUT2D eigenvalue weighted by atomic mass is 9.83. The first-order valence-electron chi connectivity index (χ1n) is 13.3. The van der Waals surface area contributed by atoms with Gasteiger partial charge in [0.25, 0.3) is 0 Å². The van der Waals surface area contributed by atoms with E-state index in [1.807, 2.05) is 6.07 Å². The van der Waals surface area contributed by atoms with E-state index in [1.165, 1.54) is 42.3 Å². The molecule has 0 spiro atoms. The third-order valence-corrected chi connectivity index (χ3v) is 8.34. The average Bonchev–Trinajstić information content (AvgIpc) is 3.01. The highest BCUT2D eigenvalue weighted by Crippen LogP contribution is 2.34. The van der Waals surface area contributed by atoms with Crippen molar-refractivity contribution in [2.45, 2.75) is 57.8 Å². The summed E-state index contributed by atoms with van der Waals surface area (Å²) >= 11 is 0. The molecule has 34 heavy (non-hydrogen) atoms. The molecule has 2 heterocycles. The zero-order chi connectivity index (χ0) is 23.5. The fourth-order valence-electron chi connectivity index (χ4n) is 6.30. The summed E-state index contributed by atoms with van der Waals surface area (Å²) in [6.07, 6.45) is 10.2. The van der Waals surface area contributed by atoms with Crippen LogP contribution in [0.5, 0.6) is 0 Å². The fourth-order valence-corrected chi connectivity index (χ4v) is 6.30. The van der Waals surface area contributed by atoms with Crippen molar-refractivity contribution in [2.24, 2.45) is 24.8 Å². The topological polar surface area (TPSA) is 38.1 Å². The molecule has 5 rings (SSSR count). The van der Waals surface area contributed by atoms with E-state index in [0.717, 1.165) is 56.5 Å². The maximum Gasteiger partial charge on any atom is 0.140 e. The third kappa shape index (κ3) is 5.12. The van der Waals surface area contributed by atoms with Crippen molar-refractivity contribution < 1.29 is 4.79 Å². The Hall–Kier alpha value is -2.46. The van der Waals surface area contributed by atoms with Crippen LogP contribution >= 0.6 is 0 Å². The summed E-state index contributed by atoms with van der Waals surface area (Å²) in [7, 11) is 4.29. The number of nitrogens with zero attached hydrogens (tertiary/aromatic N) is 3. The molecule has 1 saturated heterocycles. The second kappa shape index (κ2) is 10.4. The summed E-state index contributed by atoms with van der Waals surface area (Å²) in [4.78, 5) is 20.6. The number of benzene rings is 2. The highest BCUT2D eigenvalue weighted by molar-refractivity contribution is 5.83. The highest BCUT2D eigenvalue weighted by Gasteiger charge is 2.30. The van der Waals surface area contributed by atoms with Gasteiger partial charge < -0.3 is 9.47 Å². The minimum atomic E-state index is 0.296. The fraction of sp³-hybridized carbons (Fsp3) is 0.533. The van der Waals surface area contributed by atoms with Crippen LogP contribution in [0.4, 0.5) is 0 Å². The largest absolute Gasteiger partial charge is 0.327 e. The van der Waals surface area contributed by atoms with Gasteiger partial charge >= 0.3 is 0 Å². The minimum absolute atomic E-state index is 0.296. The van der Waals surface area contributed by atoms with Gasteiger partial charge in [0.2, 0.25) is 0 Å². The van der Waals surface area contributed by atoms with Gasteiger partial charge in [0.1, 0.15) is 11.6 Å². The Morgan fingerprint density at radius 2 is 1.71 bits per heavy atom. The zero-order valence-electron chi connectivity index (χ0n) is 20.9. The molecule has 180 valence electrons. The van der Waals surface area contributed by atoms with E-state index in [0.29, 0.717) is 23.5 Å². The molecule has 2 fully saturated rings. The normalized spacial score (nSPS) is 24.6. The number of likely N-dealkylation sites (tertiary alicyclic amines) is 1. The molecule has 4 heteroatoms. The van der Waals surface area contributed by atoms with Crippen LogP contribution in [0.25, 0.3) is 22.4 Å². The third-order valence-electron chi connectivity index (χ3n) is 8.34. The summed E-state index contributed by atoms with van der Waals surface area (Å²) in [6, 6.07) is 17.3. The second-order valence-corrected chi connectivity index (χ2v) is 10.8. The lowest BCUT2D eigenvalue weighted by molar-refractivity contribution is -0.127. The van der Waals surface area contributed by atoms with Crippen molar-refractivity contribution in [2.75, 3.05) is 20.1 Å². The Morgan fingerprint density at radius 3 is 2.59 bits per heavy atom. The van der Waals surface area contributed by atoms with Gasteiger partial charge in [0.05, 0.1) is 11.0 Å². The molecule has 1 aromatic heterocycles. The Labute approximate surface area is 204 Å². The summed E-state index contributed by atoms with van der Waals surface area (Å²) in [5, 5.41) is 0. The molecule has 3 aromatic rings. The van der Waals surface area contributed by atoms with E-state index < -0.39 is 0 Å². The number of ketones is 1. The van der Waals surface area contributed by atoms with Crippen molar-refractivity contribution in [1.82, 2.24) is 14.5 Å². The van der Waals surface area contributed by atoms with Crippen LogP contribution < -0.4 is 0 Å². The quantitative estimate of drug-likeness (QED) is 0.423. The lowest BCUT2D eigenvalue weighted by Crippen LogP contribution is -2.25. The summed E-state index contributed by atoms with van der Waals surface area (Å²) in [5.74, 6) is 2.89. The lowest BCUT2D eigenvalue weighted by Gasteiger charge is -2.20. The molecule has 1 aliphatic heterocycles. The molecular formula is C30H39N3O. The van der Waals surface area contributed by atoms with Crippen LogP contribution in [0, 0.1) is 17.8 Å².